The van der Waals surface area contributed by atoms with Crippen LogP contribution in [-0.4, -0.2) is 54.0 Å². The Morgan fingerprint density at radius 3 is 2.67 bits per heavy atom. The Morgan fingerprint density at radius 1 is 1.30 bits per heavy atom. The quantitative estimate of drug-likeness (QED) is 0.877. The van der Waals surface area contributed by atoms with Crippen molar-refractivity contribution in [3.05, 3.63) is 35.9 Å². The average molecular weight is 376 g/mol. The number of hydrogen-bond donors (Lipinski definition) is 1. The van der Waals surface area contributed by atoms with Gasteiger partial charge < -0.3 is 24.4 Å². The number of hydrogen-bond acceptors (Lipinski definition) is 5. The summed E-state index contributed by atoms with van der Waals surface area (Å²) in [4.78, 5) is 26.4. The number of nitrogens with zero attached hydrogens (tertiary/aromatic N) is 1. The topological polar surface area (TPSA) is 77.1 Å². The number of alkyl carbamates (subject to hydrolysis) is 1. The predicted molar refractivity (Wildman–Crippen MR) is 99.3 cm³/mol. The van der Waals surface area contributed by atoms with Crippen molar-refractivity contribution in [2.24, 2.45) is 0 Å². The van der Waals surface area contributed by atoms with Crippen LogP contribution >= 0.6 is 0 Å². The molecule has 1 spiro atoms. The second kappa shape index (κ2) is 7.76. The highest BCUT2D eigenvalue weighted by Gasteiger charge is 2.52. The van der Waals surface area contributed by atoms with Crippen LogP contribution in [-0.2, 0) is 20.8 Å². The summed E-state index contributed by atoms with van der Waals surface area (Å²) >= 11 is 0. The molecule has 0 radical (unpaired) electrons. The lowest BCUT2D eigenvalue weighted by atomic mass is 9.94. The molecule has 0 bridgehead atoms. The monoisotopic (exact) mass is 376 g/mol. The molecule has 2 aliphatic rings. The molecule has 148 valence electrons. The van der Waals surface area contributed by atoms with Crippen molar-refractivity contribution in [1.82, 2.24) is 10.2 Å². The van der Waals surface area contributed by atoms with Gasteiger partial charge in [0.05, 0.1) is 12.6 Å². The number of rotatable bonds is 3. The first-order valence-corrected chi connectivity index (χ1v) is 9.37. The smallest absolute Gasteiger partial charge is 0.410 e. The van der Waals surface area contributed by atoms with Gasteiger partial charge in [-0.1, -0.05) is 30.3 Å². The molecule has 0 aliphatic carbocycles. The molecule has 1 N–H and O–H groups in total. The van der Waals surface area contributed by atoms with E-state index in [2.05, 4.69) is 5.32 Å². The molecule has 2 unspecified atom stereocenters. The number of nitrogens with one attached hydrogen (secondary N) is 1. The molecule has 2 fully saturated rings. The van der Waals surface area contributed by atoms with Crippen LogP contribution in [0, 0.1) is 0 Å². The van der Waals surface area contributed by atoms with E-state index in [1.54, 1.807) is 4.90 Å². The number of benzene rings is 1. The molecule has 7 heteroatoms. The molecule has 2 saturated heterocycles. The maximum Gasteiger partial charge on any atom is 0.410 e. The molecule has 2 heterocycles. The van der Waals surface area contributed by atoms with Gasteiger partial charge in [-0.15, -0.1) is 0 Å². The number of carbonyl (C=O) groups excluding carboxylic acids is 2. The molecule has 2 amide bonds. The predicted octanol–water partition coefficient (Wildman–Crippen LogP) is 3.08. The van der Waals surface area contributed by atoms with Gasteiger partial charge in [0.2, 0.25) is 0 Å². The summed E-state index contributed by atoms with van der Waals surface area (Å²) in [6.07, 6.45) is 0.791. The van der Waals surface area contributed by atoms with Gasteiger partial charge in [0.15, 0.2) is 0 Å². The lowest BCUT2D eigenvalue weighted by molar-refractivity contribution is -0.0109. The van der Waals surface area contributed by atoms with Gasteiger partial charge in [-0.05, 0) is 39.2 Å². The molecule has 2 aliphatic heterocycles. The van der Waals surface area contributed by atoms with Crippen molar-refractivity contribution in [2.75, 3.05) is 19.7 Å². The summed E-state index contributed by atoms with van der Waals surface area (Å²) in [6.45, 7) is 7.07. The lowest BCUT2D eigenvalue weighted by Crippen LogP contribution is -2.51. The maximum absolute atomic E-state index is 12.4. The fourth-order valence-electron chi connectivity index (χ4n) is 3.55. The van der Waals surface area contributed by atoms with Crippen molar-refractivity contribution in [1.29, 1.82) is 0 Å². The van der Waals surface area contributed by atoms with E-state index in [1.165, 1.54) is 0 Å². The summed E-state index contributed by atoms with van der Waals surface area (Å²) in [6, 6.07) is 9.18. The standard InChI is InChI=1S/C20H28N2O5/c1-19(2,3)27-18(24)22-12-16(20(14-22)10-7-11-26-20)21-17(23)25-13-15-8-5-4-6-9-15/h4-6,8-9,16H,7,10-14H2,1-3H3,(H,21,23). The summed E-state index contributed by atoms with van der Waals surface area (Å²) in [7, 11) is 0. The molecule has 2 atom stereocenters. The lowest BCUT2D eigenvalue weighted by Gasteiger charge is -2.29. The van der Waals surface area contributed by atoms with Crippen LogP contribution in [0.3, 0.4) is 0 Å². The average Bonchev–Trinajstić information content (AvgIpc) is 3.21. The zero-order chi connectivity index (χ0) is 19.5. The van der Waals surface area contributed by atoms with E-state index >= 15 is 0 Å². The van der Waals surface area contributed by atoms with E-state index in [4.69, 9.17) is 14.2 Å². The van der Waals surface area contributed by atoms with Gasteiger partial charge in [-0.2, -0.15) is 0 Å². The van der Waals surface area contributed by atoms with Gasteiger partial charge in [0.25, 0.3) is 0 Å². The highest BCUT2D eigenvalue weighted by molar-refractivity contribution is 5.71. The Labute approximate surface area is 160 Å². The molecule has 7 nitrogen and oxygen atoms in total. The Morgan fingerprint density at radius 2 is 2.04 bits per heavy atom. The van der Waals surface area contributed by atoms with Gasteiger partial charge in [-0.25, -0.2) is 9.59 Å². The molecule has 0 aromatic heterocycles. The minimum absolute atomic E-state index is 0.197. The van der Waals surface area contributed by atoms with E-state index in [0.717, 1.165) is 18.4 Å². The summed E-state index contributed by atoms with van der Waals surface area (Å²) in [5, 5.41) is 2.89. The molecule has 1 aromatic rings. The molecule has 1 aromatic carbocycles. The Bertz CT molecular complexity index is 665. The zero-order valence-electron chi connectivity index (χ0n) is 16.2. The van der Waals surface area contributed by atoms with Crippen molar-refractivity contribution in [3.8, 4) is 0 Å². The molecular formula is C20H28N2O5. The third-order valence-electron chi connectivity index (χ3n) is 4.79. The normalized spacial score (nSPS) is 24.9. The minimum atomic E-state index is -0.569. The van der Waals surface area contributed by atoms with Crippen molar-refractivity contribution in [2.45, 2.75) is 57.5 Å². The van der Waals surface area contributed by atoms with Crippen LogP contribution in [0.15, 0.2) is 30.3 Å². The van der Waals surface area contributed by atoms with Crippen LogP contribution in [0.4, 0.5) is 9.59 Å². The van der Waals surface area contributed by atoms with Crippen LogP contribution in [0.2, 0.25) is 0 Å². The van der Waals surface area contributed by atoms with Crippen LogP contribution < -0.4 is 5.32 Å². The first kappa shape index (κ1) is 19.5. The third kappa shape index (κ3) is 4.91. The summed E-state index contributed by atoms with van der Waals surface area (Å²) < 4.78 is 16.8. The van der Waals surface area contributed by atoms with Gasteiger partial charge in [0.1, 0.15) is 17.8 Å². The van der Waals surface area contributed by atoms with E-state index < -0.39 is 17.3 Å². The van der Waals surface area contributed by atoms with Gasteiger partial charge >= 0.3 is 12.2 Å². The Balaban J connectivity index is 1.60. The van der Waals surface area contributed by atoms with Crippen molar-refractivity contribution < 1.29 is 23.8 Å². The Hall–Kier alpha value is -2.28. The summed E-state index contributed by atoms with van der Waals surface area (Å²) in [5.74, 6) is 0. The van der Waals surface area contributed by atoms with E-state index in [0.29, 0.717) is 19.7 Å². The molecule has 0 saturated carbocycles. The van der Waals surface area contributed by atoms with E-state index in [-0.39, 0.29) is 18.7 Å². The van der Waals surface area contributed by atoms with Crippen LogP contribution in [0.1, 0.15) is 39.2 Å². The Kier molecular flexibility index (Phi) is 5.60. The van der Waals surface area contributed by atoms with E-state index in [1.807, 2.05) is 51.1 Å². The SMILES string of the molecule is CC(C)(C)OC(=O)N1CC(NC(=O)OCc2ccccc2)C2(CCCO2)C1. The number of likely N-dealkylation sites (tertiary alicyclic amines) is 1. The van der Waals surface area contributed by atoms with Crippen molar-refractivity contribution in [3.63, 3.8) is 0 Å². The maximum atomic E-state index is 12.4. The largest absolute Gasteiger partial charge is 0.445 e. The van der Waals surface area contributed by atoms with Crippen LogP contribution in [0.5, 0.6) is 0 Å². The first-order valence-electron chi connectivity index (χ1n) is 9.37. The van der Waals surface area contributed by atoms with Crippen LogP contribution in [0.25, 0.3) is 0 Å². The fourth-order valence-corrected chi connectivity index (χ4v) is 3.55. The third-order valence-corrected chi connectivity index (χ3v) is 4.79. The molecule has 3 rings (SSSR count). The highest BCUT2D eigenvalue weighted by atomic mass is 16.6. The highest BCUT2D eigenvalue weighted by Crippen LogP contribution is 2.36. The number of ether oxygens (including phenoxy) is 3. The van der Waals surface area contributed by atoms with Gasteiger partial charge in [-0.3, -0.25) is 0 Å². The van der Waals surface area contributed by atoms with Crippen molar-refractivity contribution >= 4 is 12.2 Å². The second-order valence-electron chi connectivity index (χ2n) is 8.14. The number of carbonyl (C=O) groups is 2. The van der Waals surface area contributed by atoms with Gasteiger partial charge in [0, 0.05) is 13.2 Å². The van der Waals surface area contributed by atoms with E-state index in [9.17, 15) is 9.59 Å². The summed E-state index contributed by atoms with van der Waals surface area (Å²) in [5.41, 5.74) is -0.217. The molecule has 27 heavy (non-hydrogen) atoms. The molecular weight excluding hydrogens is 348 g/mol. The number of amides is 2. The minimum Gasteiger partial charge on any atom is -0.445 e. The zero-order valence-corrected chi connectivity index (χ0v) is 16.2. The first-order chi connectivity index (χ1) is 12.8. The second-order valence-corrected chi connectivity index (χ2v) is 8.14. The fraction of sp³-hybridized carbons (Fsp3) is 0.600.